The molecule has 0 radical (unpaired) electrons. The van der Waals surface area contributed by atoms with Crippen LogP contribution in [0.5, 0.6) is 5.75 Å². The molecule has 0 aliphatic carbocycles. The minimum absolute atomic E-state index is 0.0816. The van der Waals surface area contributed by atoms with Gasteiger partial charge in [0.25, 0.3) is 11.8 Å². The predicted molar refractivity (Wildman–Crippen MR) is 86.1 cm³/mol. The highest BCUT2D eigenvalue weighted by Crippen LogP contribution is 2.26. The zero-order valence-corrected chi connectivity index (χ0v) is 13.4. The van der Waals surface area contributed by atoms with Gasteiger partial charge in [-0.2, -0.15) is 0 Å². The van der Waals surface area contributed by atoms with E-state index in [9.17, 15) is 14.4 Å². The Morgan fingerprint density at radius 1 is 1.04 bits per heavy atom. The highest BCUT2D eigenvalue weighted by Gasteiger charge is 2.34. The van der Waals surface area contributed by atoms with Crippen molar-refractivity contribution >= 4 is 28.6 Å². The molecule has 0 saturated carbocycles. The van der Waals surface area contributed by atoms with Crippen molar-refractivity contribution in [3.8, 4) is 5.75 Å². The number of amides is 2. The Balaban J connectivity index is 1.80. The largest absolute Gasteiger partial charge is 0.497 e. The first-order chi connectivity index (χ1) is 11.5. The number of imide groups is 1. The first-order valence-corrected chi connectivity index (χ1v) is 7.65. The fourth-order valence-electron chi connectivity index (χ4n) is 2.60. The van der Waals surface area contributed by atoms with Gasteiger partial charge in [-0.15, -0.1) is 5.06 Å². The van der Waals surface area contributed by atoms with Gasteiger partial charge in [0.1, 0.15) is 5.75 Å². The van der Waals surface area contributed by atoms with E-state index in [1.54, 1.807) is 14.0 Å². The molecule has 1 saturated heterocycles. The molecule has 0 aromatic heterocycles. The zero-order valence-electron chi connectivity index (χ0n) is 13.4. The molecule has 1 heterocycles. The van der Waals surface area contributed by atoms with Gasteiger partial charge >= 0.3 is 5.97 Å². The van der Waals surface area contributed by atoms with Crippen molar-refractivity contribution in [2.24, 2.45) is 0 Å². The maximum atomic E-state index is 12.2. The fourth-order valence-corrected chi connectivity index (χ4v) is 2.60. The van der Waals surface area contributed by atoms with Crippen LogP contribution in [0.1, 0.15) is 31.2 Å². The van der Waals surface area contributed by atoms with Crippen molar-refractivity contribution in [3.05, 3.63) is 42.0 Å². The number of hydrogen-bond acceptors (Lipinski definition) is 5. The van der Waals surface area contributed by atoms with Crippen LogP contribution < -0.4 is 4.74 Å². The first-order valence-electron chi connectivity index (χ1n) is 7.65. The second-order valence-corrected chi connectivity index (χ2v) is 5.69. The minimum atomic E-state index is -0.633. The summed E-state index contributed by atoms with van der Waals surface area (Å²) in [7, 11) is 1.61. The smallest absolute Gasteiger partial charge is 0.340 e. The Hall–Kier alpha value is -2.89. The average Bonchev–Trinajstić information content (AvgIpc) is 2.92. The molecule has 0 spiro atoms. The van der Waals surface area contributed by atoms with E-state index in [-0.39, 0.29) is 12.8 Å². The summed E-state index contributed by atoms with van der Waals surface area (Å²) >= 11 is 0. The lowest BCUT2D eigenvalue weighted by Crippen LogP contribution is -2.33. The van der Waals surface area contributed by atoms with Gasteiger partial charge in [0.15, 0.2) is 0 Å². The Morgan fingerprint density at radius 3 is 2.33 bits per heavy atom. The van der Waals surface area contributed by atoms with Crippen molar-refractivity contribution in [2.45, 2.75) is 25.7 Å². The average molecular weight is 327 g/mol. The number of hydrogen-bond donors (Lipinski definition) is 0. The van der Waals surface area contributed by atoms with Gasteiger partial charge in [-0.05, 0) is 35.4 Å². The quantitative estimate of drug-likeness (QED) is 0.807. The lowest BCUT2D eigenvalue weighted by atomic mass is 9.98. The molecule has 1 atom stereocenters. The summed E-state index contributed by atoms with van der Waals surface area (Å²) in [6.07, 6.45) is 0.163. The number of benzene rings is 2. The number of rotatable bonds is 4. The molecule has 6 heteroatoms. The molecule has 1 fully saturated rings. The molecule has 2 amide bonds. The number of hydroxylamine groups is 2. The third-order valence-corrected chi connectivity index (χ3v) is 4.11. The number of nitrogens with zero attached hydrogens (tertiary/aromatic N) is 1. The number of fused-ring (bicyclic) bond motifs is 1. The van der Waals surface area contributed by atoms with Crippen LogP contribution >= 0.6 is 0 Å². The van der Waals surface area contributed by atoms with Crippen LogP contribution in [0.3, 0.4) is 0 Å². The van der Waals surface area contributed by atoms with E-state index in [1.807, 2.05) is 36.4 Å². The molecule has 6 nitrogen and oxygen atoms in total. The van der Waals surface area contributed by atoms with Crippen molar-refractivity contribution in [2.75, 3.05) is 7.11 Å². The van der Waals surface area contributed by atoms with Crippen molar-refractivity contribution < 1.29 is 24.0 Å². The van der Waals surface area contributed by atoms with E-state index in [0.29, 0.717) is 5.06 Å². The van der Waals surface area contributed by atoms with E-state index >= 15 is 0 Å². The summed E-state index contributed by atoms with van der Waals surface area (Å²) in [5.41, 5.74) is 0.747. The second kappa shape index (κ2) is 6.31. The van der Waals surface area contributed by atoms with Crippen molar-refractivity contribution in [3.63, 3.8) is 0 Å². The molecule has 3 rings (SSSR count). The van der Waals surface area contributed by atoms with Crippen LogP contribution in [-0.2, 0) is 19.2 Å². The molecule has 0 bridgehead atoms. The van der Waals surface area contributed by atoms with Crippen LogP contribution in [-0.4, -0.2) is 30.0 Å². The SMILES string of the molecule is COc1ccc2cc([C@H](C)C(=O)ON3C(=O)CCC3=O)ccc2c1. The van der Waals surface area contributed by atoms with E-state index in [2.05, 4.69) is 0 Å². The molecule has 1 aliphatic heterocycles. The summed E-state index contributed by atoms with van der Waals surface area (Å²) in [4.78, 5) is 40.3. The first kappa shape index (κ1) is 16.0. The normalized spacial score (nSPS) is 15.7. The number of carbonyl (C=O) groups excluding carboxylic acids is 3. The summed E-state index contributed by atoms with van der Waals surface area (Å²) in [5, 5.41) is 2.52. The van der Waals surface area contributed by atoms with E-state index < -0.39 is 23.7 Å². The highest BCUT2D eigenvalue weighted by molar-refractivity contribution is 6.01. The van der Waals surface area contributed by atoms with E-state index in [0.717, 1.165) is 22.1 Å². The predicted octanol–water partition coefficient (Wildman–Crippen LogP) is 2.56. The van der Waals surface area contributed by atoms with E-state index in [1.165, 1.54) is 0 Å². The molecule has 0 N–H and O–H groups in total. The molecular formula is C18H17NO5. The van der Waals surface area contributed by atoms with Crippen LogP contribution in [0.4, 0.5) is 0 Å². The van der Waals surface area contributed by atoms with E-state index in [4.69, 9.17) is 9.57 Å². The molecular weight excluding hydrogens is 310 g/mol. The Kier molecular flexibility index (Phi) is 4.20. The monoisotopic (exact) mass is 327 g/mol. The topological polar surface area (TPSA) is 72.9 Å². The summed E-state index contributed by atoms with van der Waals surface area (Å²) < 4.78 is 5.19. The lowest BCUT2D eigenvalue weighted by molar-refractivity contribution is -0.198. The molecule has 2 aromatic rings. The van der Waals surface area contributed by atoms with Gasteiger partial charge in [-0.3, -0.25) is 9.59 Å². The maximum Gasteiger partial charge on any atom is 0.340 e. The third kappa shape index (κ3) is 2.95. The van der Waals surface area contributed by atoms with Gasteiger partial charge < -0.3 is 9.57 Å². The van der Waals surface area contributed by atoms with Gasteiger partial charge in [-0.25, -0.2) is 4.79 Å². The standard InChI is InChI=1S/C18H17NO5/c1-11(18(22)24-19-16(20)7-8-17(19)21)12-3-4-14-10-15(23-2)6-5-13(14)9-12/h3-6,9-11H,7-8H2,1-2H3/t11-/m0/s1. The minimum Gasteiger partial charge on any atom is -0.497 e. The molecule has 2 aromatic carbocycles. The number of carbonyl (C=O) groups is 3. The highest BCUT2D eigenvalue weighted by atomic mass is 16.7. The van der Waals surface area contributed by atoms with Gasteiger partial charge in [0, 0.05) is 12.8 Å². The fraction of sp³-hybridized carbons (Fsp3) is 0.278. The van der Waals surface area contributed by atoms with Crippen molar-refractivity contribution in [1.82, 2.24) is 5.06 Å². The van der Waals surface area contributed by atoms with Crippen LogP contribution in [0.2, 0.25) is 0 Å². The maximum absolute atomic E-state index is 12.2. The summed E-state index contributed by atoms with van der Waals surface area (Å²) in [6, 6.07) is 11.3. The Morgan fingerprint density at radius 2 is 1.67 bits per heavy atom. The van der Waals surface area contributed by atoms with Crippen LogP contribution in [0, 0.1) is 0 Å². The van der Waals surface area contributed by atoms with Crippen LogP contribution in [0.15, 0.2) is 36.4 Å². The number of ether oxygens (including phenoxy) is 1. The third-order valence-electron chi connectivity index (χ3n) is 4.11. The molecule has 124 valence electrons. The summed E-state index contributed by atoms with van der Waals surface area (Å²) in [5.74, 6) is -1.43. The summed E-state index contributed by atoms with van der Waals surface area (Å²) in [6.45, 7) is 1.68. The second-order valence-electron chi connectivity index (χ2n) is 5.69. The Bertz CT molecular complexity index is 813. The van der Waals surface area contributed by atoms with Crippen molar-refractivity contribution in [1.29, 1.82) is 0 Å². The lowest BCUT2D eigenvalue weighted by Gasteiger charge is -2.17. The van der Waals surface area contributed by atoms with Gasteiger partial charge in [0.05, 0.1) is 13.0 Å². The molecule has 0 unspecified atom stereocenters. The zero-order chi connectivity index (χ0) is 17.3. The van der Waals surface area contributed by atoms with Crippen LogP contribution in [0.25, 0.3) is 10.8 Å². The van der Waals surface area contributed by atoms with Gasteiger partial charge in [0.2, 0.25) is 0 Å². The molecule has 1 aliphatic rings. The molecule has 24 heavy (non-hydrogen) atoms. The number of methoxy groups -OCH3 is 1. The Labute approximate surface area is 138 Å². The van der Waals surface area contributed by atoms with Gasteiger partial charge in [-0.1, -0.05) is 24.3 Å².